The molecule has 0 spiro atoms. The molecule has 1 aromatic rings. The molecule has 0 aliphatic heterocycles. The zero-order valence-electron chi connectivity index (χ0n) is 9.92. The Labute approximate surface area is 95.4 Å². The van der Waals surface area contributed by atoms with E-state index in [0.717, 1.165) is 0 Å². The molecule has 0 amide bonds. The van der Waals surface area contributed by atoms with E-state index in [4.69, 9.17) is 4.74 Å². The van der Waals surface area contributed by atoms with Crippen LogP contribution in [0.2, 0.25) is 0 Å². The second-order valence-electron chi connectivity index (χ2n) is 3.74. The van der Waals surface area contributed by atoms with Crippen LogP contribution in [0.4, 0.5) is 4.39 Å². The van der Waals surface area contributed by atoms with Crippen LogP contribution in [0.3, 0.4) is 0 Å². The second-order valence-corrected chi connectivity index (χ2v) is 3.74. The average molecular weight is 224 g/mol. The molecule has 1 aromatic carbocycles. The van der Waals surface area contributed by atoms with Crippen LogP contribution in [0.25, 0.3) is 0 Å². The van der Waals surface area contributed by atoms with Gasteiger partial charge in [0.2, 0.25) is 0 Å². The highest BCUT2D eigenvalue weighted by Gasteiger charge is 2.35. The van der Waals surface area contributed by atoms with Crippen molar-refractivity contribution in [1.29, 1.82) is 0 Å². The third-order valence-electron chi connectivity index (χ3n) is 3.05. The Kier molecular flexibility index (Phi) is 4.19. The number of ketones is 1. The summed E-state index contributed by atoms with van der Waals surface area (Å²) in [6, 6.07) is 5.57. The number of Topliss-reactive ketones (excluding diaryl/α,β-unsaturated/α-hetero) is 1. The normalized spacial score (nSPS) is 11.5. The largest absolute Gasteiger partial charge is 0.370 e. The lowest BCUT2D eigenvalue weighted by molar-refractivity contribution is -0.00261. The van der Waals surface area contributed by atoms with Gasteiger partial charge in [0.1, 0.15) is 11.4 Å². The van der Waals surface area contributed by atoms with Crippen LogP contribution in [0.5, 0.6) is 0 Å². The molecule has 0 aromatic heterocycles. The number of hydrogen-bond donors (Lipinski definition) is 0. The SMILES string of the molecule is CCC(CC)(OC)C(=O)c1ccc(F)cc1. The Morgan fingerprint density at radius 2 is 1.75 bits per heavy atom. The lowest BCUT2D eigenvalue weighted by atomic mass is 9.88. The molecule has 0 saturated heterocycles. The zero-order chi connectivity index (χ0) is 12.2. The molecule has 0 heterocycles. The van der Waals surface area contributed by atoms with E-state index in [1.54, 1.807) is 0 Å². The fraction of sp³-hybridized carbons (Fsp3) is 0.462. The molecule has 88 valence electrons. The highest BCUT2D eigenvalue weighted by Crippen LogP contribution is 2.25. The first-order valence-corrected chi connectivity index (χ1v) is 5.45. The minimum atomic E-state index is -0.780. The predicted molar refractivity (Wildman–Crippen MR) is 61.1 cm³/mol. The van der Waals surface area contributed by atoms with Crippen LogP contribution in [0.1, 0.15) is 37.0 Å². The smallest absolute Gasteiger partial charge is 0.194 e. The fourth-order valence-electron chi connectivity index (χ4n) is 1.82. The van der Waals surface area contributed by atoms with Gasteiger partial charge < -0.3 is 4.74 Å². The van der Waals surface area contributed by atoms with Crippen molar-refractivity contribution in [3.63, 3.8) is 0 Å². The van der Waals surface area contributed by atoms with Gasteiger partial charge in [0, 0.05) is 12.7 Å². The number of halogens is 1. The summed E-state index contributed by atoms with van der Waals surface area (Å²) < 4.78 is 18.1. The van der Waals surface area contributed by atoms with E-state index in [2.05, 4.69) is 0 Å². The highest BCUT2D eigenvalue weighted by atomic mass is 19.1. The Morgan fingerprint density at radius 3 is 2.12 bits per heavy atom. The lowest BCUT2D eigenvalue weighted by Gasteiger charge is -2.28. The third kappa shape index (κ3) is 2.30. The Balaban J connectivity index is 3.04. The molecule has 0 aliphatic carbocycles. The minimum Gasteiger partial charge on any atom is -0.370 e. The van der Waals surface area contributed by atoms with Gasteiger partial charge >= 0.3 is 0 Å². The topological polar surface area (TPSA) is 26.3 Å². The maximum atomic E-state index is 12.7. The van der Waals surface area contributed by atoms with Crippen molar-refractivity contribution in [2.75, 3.05) is 7.11 Å². The molecule has 0 fully saturated rings. The van der Waals surface area contributed by atoms with Crippen LogP contribution < -0.4 is 0 Å². The van der Waals surface area contributed by atoms with Crippen LogP contribution in [0, 0.1) is 5.82 Å². The third-order valence-corrected chi connectivity index (χ3v) is 3.05. The monoisotopic (exact) mass is 224 g/mol. The summed E-state index contributed by atoms with van der Waals surface area (Å²) in [7, 11) is 1.54. The first-order chi connectivity index (χ1) is 7.59. The maximum absolute atomic E-state index is 12.7. The van der Waals surface area contributed by atoms with Crippen molar-refractivity contribution in [1.82, 2.24) is 0 Å². The first-order valence-electron chi connectivity index (χ1n) is 5.45. The first kappa shape index (κ1) is 12.8. The fourth-order valence-corrected chi connectivity index (χ4v) is 1.82. The number of methoxy groups -OCH3 is 1. The standard InChI is InChI=1S/C13H17FO2/c1-4-13(5-2,16-3)12(15)10-6-8-11(14)9-7-10/h6-9H,4-5H2,1-3H3. The molecule has 0 unspecified atom stereocenters. The second kappa shape index (κ2) is 5.21. The van der Waals surface area contributed by atoms with Crippen LogP contribution in [-0.4, -0.2) is 18.5 Å². The van der Waals surface area contributed by atoms with Crippen molar-refractivity contribution in [2.45, 2.75) is 32.3 Å². The summed E-state index contributed by atoms with van der Waals surface area (Å²) in [6.45, 7) is 3.82. The van der Waals surface area contributed by atoms with Crippen molar-refractivity contribution >= 4 is 5.78 Å². The lowest BCUT2D eigenvalue weighted by Crippen LogP contribution is -2.39. The highest BCUT2D eigenvalue weighted by molar-refractivity contribution is 6.02. The molecule has 16 heavy (non-hydrogen) atoms. The van der Waals surface area contributed by atoms with Gasteiger partial charge in [-0.1, -0.05) is 13.8 Å². The zero-order valence-corrected chi connectivity index (χ0v) is 9.92. The van der Waals surface area contributed by atoms with E-state index in [1.165, 1.54) is 31.4 Å². The molecular formula is C13H17FO2. The number of ether oxygens (including phenoxy) is 1. The van der Waals surface area contributed by atoms with E-state index in [-0.39, 0.29) is 11.6 Å². The van der Waals surface area contributed by atoms with Gasteiger partial charge in [-0.3, -0.25) is 4.79 Å². The van der Waals surface area contributed by atoms with Gasteiger partial charge in [-0.25, -0.2) is 4.39 Å². The van der Waals surface area contributed by atoms with E-state index < -0.39 is 5.60 Å². The summed E-state index contributed by atoms with van der Waals surface area (Å²) in [5, 5.41) is 0. The van der Waals surface area contributed by atoms with Gasteiger partial charge in [0.15, 0.2) is 5.78 Å². The molecular weight excluding hydrogens is 207 g/mol. The number of carbonyl (C=O) groups is 1. The van der Waals surface area contributed by atoms with E-state index >= 15 is 0 Å². The number of benzene rings is 1. The number of rotatable bonds is 5. The summed E-state index contributed by atoms with van der Waals surface area (Å²) in [6.07, 6.45) is 1.21. The molecule has 0 N–H and O–H groups in total. The van der Waals surface area contributed by atoms with E-state index in [0.29, 0.717) is 18.4 Å². The van der Waals surface area contributed by atoms with Crippen molar-refractivity contribution in [3.05, 3.63) is 35.6 Å². The molecule has 0 radical (unpaired) electrons. The molecule has 2 nitrogen and oxygen atoms in total. The Morgan fingerprint density at radius 1 is 1.25 bits per heavy atom. The van der Waals surface area contributed by atoms with Gasteiger partial charge in [0.05, 0.1) is 0 Å². The van der Waals surface area contributed by atoms with E-state index in [9.17, 15) is 9.18 Å². The summed E-state index contributed by atoms with van der Waals surface area (Å²) in [5.74, 6) is -0.424. The summed E-state index contributed by atoms with van der Waals surface area (Å²) in [5.41, 5.74) is -0.287. The summed E-state index contributed by atoms with van der Waals surface area (Å²) in [4.78, 5) is 12.2. The minimum absolute atomic E-state index is 0.0833. The van der Waals surface area contributed by atoms with Crippen LogP contribution >= 0.6 is 0 Å². The molecule has 0 aliphatic rings. The summed E-state index contributed by atoms with van der Waals surface area (Å²) >= 11 is 0. The predicted octanol–water partition coefficient (Wildman–Crippen LogP) is 3.21. The molecule has 0 bridgehead atoms. The van der Waals surface area contributed by atoms with Gasteiger partial charge in [-0.15, -0.1) is 0 Å². The van der Waals surface area contributed by atoms with Gasteiger partial charge in [0.25, 0.3) is 0 Å². The maximum Gasteiger partial charge on any atom is 0.194 e. The van der Waals surface area contributed by atoms with Crippen molar-refractivity contribution < 1.29 is 13.9 Å². The molecule has 0 saturated carbocycles. The van der Waals surface area contributed by atoms with Crippen LogP contribution in [0.15, 0.2) is 24.3 Å². The number of carbonyl (C=O) groups excluding carboxylic acids is 1. The Hall–Kier alpha value is -1.22. The number of hydrogen-bond acceptors (Lipinski definition) is 2. The van der Waals surface area contributed by atoms with Crippen molar-refractivity contribution in [3.8, 4) is 0 Å². The molecule has 0 atom stereocenters. The average Bonchev–Trinajstić information content (AvgIpc) is 2.33. The molecule has 3 heteroatoms. The Bertz CT molecular complexity index is 344. The van der Waals surface area contributed by atoms with Crippen molar-refractivity contribution in [2.24, 2.45) is 0 Å². The van der Waals surface area contributed by atoms with Crippen LogP contribution in [-0.2, 0) is 4.74 Å². The van der Waals surface area contributed by atoms with E-state index in [1.807, 2.05) is 13.8 Å². The quantitative estimate of drug-likeness (QED) is 0.718. The van der Waals surface area contributed by atoms with Gasteiger partial charge in [-0.05, 0) is 37.1 Å². The molecule has 1 rings (SSSR count). The van der Waals surface area contributed by atoms with Gasteiger partial charge in [-0.2, -0.15) is 0 Å².